The van der Waals surface area contributed by atoms with Crippen molar-refractivity contribution in [1.82, 2.24) is 14.8 Å². The van der Waals surface area contributed by atoms with Gasteiger partial charge in [0.1, 0.15) is 5.82 Å². The van der Waals surface area contributed by atoms with Gasteiger partial charge in [-0.15, -0.1) is 0 Å². The number of piperidine rings is 1. The Labute approximate surface area is 194 Å². The average molecular weight is 453 g/mol. The Bertz CT molecular complexity index is 1070. The van der Waals surface area contributed by atoms with Gasteiger partial charge in [0.15, 0.2) is 0 Å². The fraction of sp³-hybridized carbons (Fsp3) is 0.577. The third-order valence-corrected chi connectivity index (χ3v) is 7.81. The highest BCUT2D eigenvalue weighted by molar-refractivity contribution is 6.07. The van der Waals surface area contributed by atoms with Crippen LogP contribution in [0.25, 0.3) is 10.9 Å². The van der Waals surface area contributed by atoms with Crippen LogP contribution >= 0.6 is 0 Å². The molecule has 1 aliphatic heterocycles. The molecule has 2 amide bonds. The Morgan fingerprint density at radius 2 is 1.88 bits per heavy atom. The molecule has 1 saturated heterocycles. The van der Waals surface area contributed by atoms with Crippen molar-refractivity contribution in [1.29, 1.82) is 0 Å². The number of carbonyl (C=O) groups excluding carboxylic acids is 2. The number of hydrogen-bond donors (Lipinski definition) is 0. The van der Waals surface area contributed by atoms with Gasteiger partial charge >= 0.3 is 0 Å². The number of benzene rings is 1. The summed E-state index contributed by atoms with van der Waals surface area (Å²) in [4.78, 5) is 36.3. The summed E-state index contributed by atoms with van der Waals surface area (Å²) >= 11 is 0. The van der Waals surface area contributed by atoms with Gasteiger partial charge in [0, 0.05) is 57.3 Å². The van der Waals surface area contributed by atoms with Crippen LogP contribution in [0.15, 0.2) is 24.4 Å². The van der Waals surface area contributed by atoms with E-state index < -0.39 is 0 Å². The summed E-state index contributed by atoms with van der Waals surface area (Å²) in [7, 11) is 1.81. The molecule has 1 aromatic heterocycles. The van der Waals surface area contributed by atoms with Crippen LogP contribution in [-0.2, 0) is 4.79 Å². The minimum atomic E-state index is -0.321. The molecule has 2 heterocycles. The Morgan fingerprint density at radius 1 is 1.15 bits per heavy atom. The van der Waals surface area contributed by atoms with Gasteiger partial charge in [-0.25, -0.2) is 4.39 Å². The minimum Gasteiger partial charge on any atom is -0.370 e. The predicted octanol–water partition coefficient (Wildman–Crippen LogP) is 4.08. The summed E-state index contributed by atoms with van der Waals surface area (Å²) in [5.74, 6) is -0.0892. The van der Waals surface area contributed by atoms with Gasteiger partial charge in [-0.3, -0.25) is 14.6 Å². The fourth-order valence-electron chi connectivity index (χ4n) is 5.13. The summed E-state index contributed by atoms with van der Waals surface area (Å²) in [6.45, 7) is 5.21. The molecule has 5 rings (SSSR count). The lowest BCUT2D eigenvalue weighted by Gasteiger charge is -2.36. The van der Waals surface area contributed by atoms with Crippen molar-refractivity contribution in [3.63, 3.8) is 0 Å². The summed E-state index contributed by atoms with van der Waals surface area (Å²) in [5, 5.41) is 0.699. The number of pyridine rings is 1. The van der Waals surface area contributed by atoms with Crippen LogP contribution in [0.4, 0.5) is 10.1 Å². The molecular weight excluding hydrogens is 419 g/mol. The first-order valence-electron chi connectivity index (χ1n) is 12.3. The molecule has 2 saturated carbocycles. The minimum absolute atomic E-state index is 0.106. The first-order chi connectivity index (χ1) is 15.9. The number of rotatable bonds is 7. The van der Waals surface area contributed by atoms with E-state index in [1.807, 2.05) is 14.0 Å². The number of nitrogens with zero attached hydrogens (tertiary/aromatic N) is 4. The van der Waals surface area contributed by atoms with E-state index >= 15 is 0 Å². The number of halogens is 1. The Morgan fingerprint density at radius 3 is 2.52 bits per heavy atom. The third-order valence-electron chi connectivity index (χ3n) is 7.81. The summed E-state index contributed by atoms with van der Waals surface area (Å²) < 4.78 is 14.3. The Hall–Kier alpha value is -2.70. The molecule has 1 spiro atoms. The smallest absolute Gasteiger partial charge is 0.257 e. The number of carbonyl (C=O) groups is 2. The summed E-state index contributed by atoms with van der Waals surface area (Å²) in [5.41, 5.74) is 2.54. The van der Waals surface area contributed by atoms with Crippen molar-refractivity contribution in [3.8, 4) is 0 Å². The highest BCUT2D eigenvalue weighted by Crippen LogP contribution is 2.54. The third kappa shape index (κ3) is 4.42. The molecule has 33 heavy (non-hydrogen) atoms. The van der Waals surface area contributed by atoms with Gasteiger partial charge in [0.25, 0.3) is 5.91 Å². The SMILES string of the molecule is CCN(CCN(C)C(=O)C1CC1)C(=O)c1cnc2ccc(F)cc2c1N1CCC2(CC1)CC2. The van der Waals surface area contributed by atoms with E-state index in [0.717, 1.165) is 44.5 Å². The van der Waals surface area contributed by atoms with E-state index in [0.29, 0.717) is 41.5 Å². The van der Waals surface area contributed by atoms with Crippen molar-refractivity contribution in [3.05, 3.63) is 35.8 Å². The van der Waals surface area contributed by atoms with Crippen LogP contribution in [-0.4, -0.2) is 66.4 Å². The van der Waals surface area contributed by atoms with Crippen molar-refractivity contribution in [2.45, 2.75) is 45.4 Å². The fourth-order valence-corrected chi connectivity index (χ4v) is 5.13. The van der Waals surface area contributed by atoms with Gasteiger partial charge in [-0.05, 0) is 69.1 Å². The molecule has 7 heteroatoms. The van der Waals surface area contributed by atoms with Crippen LogP contribution in [0.1, 0.15) is 55.8 Å². The highest BCUT2D eigenvalue weighted by atomic mass is 19.1. The maximum atomic E-state index is 14.3. The summed E-state index contributed by atoms with van der Waals surface area (Å²) in [6, 6.07) is 4.61. The lowest BCUT2D eigenvalue weighted by Crippen LogP contribution is -2.41. The number of amides is 2. The van der Waals surface area contributed by atoms with Crippen LogP contribution < -0.4 is 4.90 Å². The quantitative estimate of drug-likeness (QED) is 0.635. The lowest BCUT2D eigenvalue weighted by atomic mass is 9.92. The zero-order chi connectivity index (χ0) is 23.2. The van der Waals surface area contributed by atoms with Crippen molar-refractivity contribution in [2.24, 2.45) is 11.3 Å². The molecule has 176 valence electrons. The molecule has 0 atom stereocenters. The number of likely N-dealkylation sites (N-methyl/N-ethyl adjacent to an activating group) is 2. The predicted molar refractivity (Wildman–Crippen MR) is 127 cm³/mol. The van der Waals surface area contributed by atoms with Gasteiger partial charge in [-0.2, -0.15) is 0 Å². The number of fused-ring (bicyclic) bond motifs is 1. The average Bonchev–Trinajstić information content (AvgIpc) is 3.75. The molecule has 3 aliphatic rings. The van der Waals surface area contributed by atoms with E-state index in [-0.39, 0.29) is 23.5 Å². The van der Waals surface area contributed by atoms with Crippen molar-refractivity contribution < 1.29 is 14.0 Å². The molecule has 6 nitrogen and oxygen atoms in total. The second-order valence-electron chi connectivity index (χ2n) is 10.1. The van der Waals surface area contributed by atoms with E-state index in [2.05, 4.69) is 9.88 Å². The zero-order valence-corrected chi connectivity index (χ0v) is 19.6. The van der Waals surface area contributed by atoms with Gasteiger partial charge in [0.2, 0.25) is 5.91 Å². The van der Waals surface area contributed by atoms with Crippen molar-refractivity contribution in [2.75, 3.05) is 44.7 Å². The topological polar surface area (TPSA) is 56.8 Å². The molecule has 3 fully saturated rings. The molecule has 1 aromatic carbocycles. The molecule has 0 radical (unpaired) electrons. The maximum Gasteiger partial charge on any atom is 0.257 e. The van der Waals surface area contributed by atoms with Gasteiger partial charge in [-0.1, -0.05) is 0 Å². The first kappa shape index (κ1) is 22.1. The van der Waals surface area contributed by atoms with Crippen LogP contribution in [0.2, 0.25) is 0 Å². The summed E-state index contributed by atoms with van der Waals surface area (Å²) in [6.07, 6.45) is 8.43. The second kappa shape index (κ2) is 8.58. The zero-order valence-electron chi connectivity index (χ0n) is 19.6. The van der Waals surface area contributed by atoms with E-state index in [1.165, 1.54) is 25.0 Å². The largest absolute Gasteiger partial charge is 0.370 e. The standard InChI is InChI=1S/C26H33FN4O2/c1-3-30(15-14-29(2)24(32)18-4-5-18)25(33)21-17-28-22-7-6-19(27)16-20(22)23(21)31-12-10-26(8-9-26)11-13-31/h6-7,16-18H,3-5,8-15H2,1-2H3. The molecule has 2 aliphatic carbocycles. The number of hydrogen-bond acceptors (Lipinski definition) is 4. The van der Waals surface area contributed by atoms with Crippen molar-refractivity contribution >= 4 is 28.4 Å². The Balaban J connectivity index is 1.42. The van der Waals surface area contributed by atoms with Gasteiger partial charge < -0.3 is 14.7 Å². The molecule has 0 unspecified atom stereocenters. The highest BCUT2D eigenvalue weighted by Gasteiger charge is 2.45. The first-order valence-corrected chi connectivity index (χ1v) is 12.3. The molecule has 0 N–H and O–H groups in total. The molecule has 2 aromatic rings. The van der Waals surface area contributed by atoms with Crippen LogP contribution in [0.3, 0.4) is 0 Å². The van der Waals surface area contributed by atoms with E-state index in [1.54, 1.807) is 22.1 Å². The molecule has 0 bridgehead atoms. The van der Waals surface area contributed by atoms with E-state index in [9.17, 15) is 14.0 Å². The van der Waals surface area contributed by atoms with Crippen LogP contribution in [0.5, 0.6) is 0 Å². The second-order valence-corrected chi connectivity index (χ2v) is 10.1. The van der Waals surface area contributed by atoms with Crippen LogP contribution in [0, 0.1) is 17.2 Å². The van der Waals surface area contributed by atoms with Gasteiger partial charge in [0.05, 0.1) is 16.8 Å². The normalized spacial score (nSPS) is 19.1. The van der Waals surface area contributed by atoms with E-state index in [4.69, 9.17) is 0 Å². The number of aromatic nitrogens is 1. The monoisotopic (exact) mass is 452 g/mol. The number of anilines is 1. The molecular formula is C26H33FN4O2. The Kier molecular flexibility index (Phi) is 5.75. The maximum absolute atomic E-state index is 14.3. The lowest BCUT2D eigenvalue weighted by molar-refractivity contribution is -0.131.